The normalized spacial score (nSPS) is 10.7. The molecule has 2 N–H and O–H groups in total. The molecule has 0 atom stereocenters. The Morgan fingerprint density at radius 1 is 1.33 bits per heavy atom. The predicted molar refractivity (Wildman–Crippen MR) is 73.6 cm³/mol. The van der Waals surface area contributed by atoms with Gasteiger partial charge in [-0.3, -0.25) is 9.69 Å². The molecule has 18 heavy (non-hydrogen) atoms. The Morgan fingerprint density at radius 3 is 2.56 bits per heavy atom. The Morgan fingerprint density at radius 2 is 2.00 bits per heavy atom. The first-order valence-corrected chi connectivity index (χ1v) is 6.34. The fourth-order valence-corrected chi connectivity index (χ4v) is 1.69. The summed E-state index contributed by atoms with van der Waals surface area (Å²) in [7, 11) is 1.87. The van der Waals surface area contributed by atoms with Gasteiger partial charge in [-0.25, -0.2) is 0 Å². The molecule has 1 rings (SSSR count). The first-order valence-electron chi connectivity index (χ1n) is 6.34. The summed E-state index contributed by atoms with van der Waals surface area (Å²) >= 11 is 0. The maximum Gasteiger partial charge on any atom is 0.238 e. The van der Waals surface area contributed by atoms with Gasteiger partial charge in [0.05, 0.1) is 6.54 Å². The highest BCUT2D eigenvalue weighted by atomic mass is 16.3. The molecule has 0 fully saturated rings. The maximum absolute atomic E-state index is 11.7. The van der Waals surface area contributed by atoms with Gasteiger partial charge in [0.25, 0.3) is 0 Å². The third-order valence-corrected chi connectivity index (χ3v) is 2.76. The number of amides is 1. The van der Waals surface area contributed by atoms with Crippen molar-refractivity contribution < 1.29 is 9.90 Å². The van der Waals surface area contributed by atoms with Gasteiger partial charge in [-0.15, -0.1) is 0 Å². The van der Waals surface area contributed by atoms with E-state index in [0.29, 0.717) is 13.0 Å². The number of carbonyl (C=O) groups is 1. The number of hydrogen-bond donors (Lipinski definition) is 2. The number of nitrogens with one attached hydrogen (secondary N) is 1. The molecule has 1 aromatic rings. The lowest BCUT2D eigenvalue weighted by Gasteiger charge is -2.15. The average Bonchev–Trinajstić information content (AvgIpc) is 2.37. The summed E-state index contributed by atoms with van der Waals surface area (Å²) in [6.07, 6.45) is 1.69. The Balaban J connectivity index is 2.39. The Labute approximate surface area is 109 Å². The van der Waals surface area contributed by atoms with Crippen molar-refractivity contribution in [3.63, 3.8) is 0 Å². The van der Waals surface area contributed by atoms with Gasteiger partial charge in [0.15, 0.2) is 0 Å². The Bertz CT molecular complexity index is 363. The zero-order chi connectivity index (χ0) is 13.4. The molecule has 0 saturated carbocycles. The van der Waals surface area contributed by atoms with E-state index in [4.69, 9.17) is 5.11 Å². The van der Waals surface area contributed by atoms with Crippen LogP contribution in [0.2, 0.25) is 0 Å². The topological polar surface area (TPSA) is 52.6 Å². The summed E-state index contributed by atoms with van der Waals surface area (Å²) in [5.41, 5.74) is 2.08. The molecule has 0 bridgehead atoms. The van der Waals surface area contributed by atoms with E-state index in [9.17, 15) is 4.79 Å². The smallest absolute Gasteiger partial charge is 0.238 e. The van der Waals surface area contributed by atoms with E-state index in [2.05, 4.69) is 12.2 Å². The van der Waals surface area contributed by atoms with Crippen LogP contribution in [0.15, 0.2) is 24.3 Å². The van der Waals surface area contributed by atoms with E-state index >= 15 is 0 Å². The number of carbonyl (C=O) groups excluding carboxylic acids is 1. The van der Waals surface area contributed by atoms with Crippen molar-refractivity contribution >= 4 is 11.6 Å². The number of rotatable bonds is 7. The number of aliphatic hydroxyl groups excluding tert-OH is 1. The van der Waals surface area contributed by atoms with E-state index in [-0.39, 0.29) is 12.5 Å². The van der Waals surface area contributed by atoms with Gasteiger partial charge < -0.3 is 10.4 Å². The third-order valence-electron chi connectivity index (χ3n) is 2.76. The molecule has 0 unspecified atom stereocenters. The standard InChI is InChI=1S/C14H22N2O2/c1-3-12-5-7-13(8-6-12)15-14(18)11-16(2)9-4-10-17/h5-8,17H,3-4,9-11H2,1-2H3,(H,15,18). The third kappa shape index (κ3) is 5.29. The molecule has 0 spiro atoms. The molecule has 4 nitrogen and oxygen atoms in total. The fraction of sp³-hybridized carbons (Fsp3) is 0.500. The molecule has 0 aromatic heterocycles. The van der Waals surface area contributed by atoms with Crippen LogP contribution in [0.1, 0.15) is 18.9 Å². The minimum atomic E-state index is -0.0281. The van der Waals surface area contributed by atoms with Crippen LogP contribution in [-0.2, 0) is 11.2 Å². The highest BCUT2D eigenvalue weighted by Gasteiger charge is 2.06. The van der Waals surface area contributed by atoms with Crippen molar-refractivity contribution in [2.45, 2.75) is 19.8 Å². The Kier molecular flexibility index (Phi) is 6.39. The number of nitrogens with zero attached hydrogens (tertiary/aromatic N) is 1. The number of likely N-dealkylation sites (N-methyl/N-ethyl adjacent to an activating group) is 1. The molecule has 0 aliphatic rings. The lowest BCUT2D eigenvalue weighted by Crippen LogP contribution is -2.31. The largest absolute Gasteiger partial charge is 0.396 e. The first kappa shape index (κ1) is 14.7. The monoisotopic (exact) mass is 250 g/mol. The maximum atomic E-state index is 11.7. The second kappa shape index (κ2) is 7.84. The summed E-state index contributed by atoms with van der Waals surface area (Å²) in [4.78, 5) is 13.6. The van der Waals surface area contributed by atoms with Crippen molar-refractivity contribution in [2.75, 3.05) is 32.1 Å². The van der Waals surface area contributed by atoms with Crippen LogP contribution in [0.5, 0.6) is 0 Å². The van der Waals surface area contributed by atoms with Crippen LogP contribution in [0.4, 0.5) is 5.69 Å². The number of aliphatic hydroxyl groups is 1. The molecule has 1 aromatic carbocycles. The van der Waals surface area contributed by atoms with Crippen LogP contribution < -0.4 is 5.32 Å². The number of anilines is 1. The van der Waals surface area contributed by atoms with Crippen molar-refractivity contribution in [1.29, 1.82) is 0 Å². The van der Waals surface area contributed by atoms with Crippen molar-refractivity contribution in [3.8, 4) is 0 Å². The summed E-state index contributed by atoms with van der Waals surface area (Å²) in [5, 5.41) is 11.6. The van der Waals surface area contributed by atoms with Crippen molar-refractivity contribution in [3.05, 3.63) is 29.8 Å². The molecule has 0 saturated heterocycles. The van der Waals surface area contributed by atoms with Crippen molar-refractivity contribution in [1.82, 2.24) is 4.90 Å². The Hall–Kier alpha value is -1.39. The molecular formula is C14H22N2O2. The van der Waals surface area contributed by atoms with Crippen LogP contribution >= 0.6 is 0 Å². The fourth-order valence-electron chi connectivity index (χ4n) is 1.69. The summed E-state index contributed by atoms with van der Waals surface area (Å²) in [6.45, 7) is 3.32. The van der Waals surface area contributed by atoms with Gasteiger partial charge >= 0.3 is 0 Å². The SMILES string of the molecule is CCc1ccc(NC(=O)CN(C)CCCO)cc1. The minimum Gasteiger partial charge on any atom is -0.396 e. The van der Waals surface area contributed by atoms with Gasteiger partial charge in [0, 0.05) is 18.8 Å². The zero-order valence-corrected chi connectivity index (χ0v) is 11.1. The quantitative estimate of drug-likeness (QED) is 0.771. The highest BCUT2D eigenvalue weighted by Crippen LogP contribution is 2.09. The van der Waals surface area contributed by atoms with E-state index in [1.807, 2.05) is 36.2 Å². The molecule has 0 heterocycles. The van der Waals surface area contributed by atoms with E-state index in [1.54, 1.807) is 0 Å². The molecular weight excluding hydrogens is 228 g/mol. The van der Waals surface area contributed by atoms with E-state index in [1.165, 1.54) is 5.56 Å². The van der Waals surface area contributed by atoms with Crippen LogP contribution in [0, 0.1) is 0 Å². The van der Waals surface area contributed by atoms with Crippen LogP contribution in [0.3, 0.4) is 0 Å². The number of benzene rings is 1. The molecule has 100 valence electrons. The van der Waals surface area contributed by atoms with Gasteiger partial charge in [-0.05, 0) is 37.6 Å². The van der Waals surface area contributed by atoms with Crippen molar-refractivity contribution in [2.24, 2.45) is 0 Å². The molecule has 0 aliphatic carbocycles. The zero-order valence-electron chi connectivity index (χ0n) is 11.1. The predicted octanol–water partition coefficient (Wildman–Crippen LogP) is 1.50. The van der Waals surface area contributed by atoms with Crippen LogP contribution in [-0.4, -0.2) is 42.7 Å². The van der Waals surface area contributed by atoms with Gasteiger partial charge in [-0.1, -0.05) is 19.1 Å². The molecule has 0 radical (unpaired) electrons. The van der Waals surface area contributed by atoms with E-state index < -0.39 is 0 Å². The summed E-state index contributed by atoms with van der Waals surface area (Å²) < 4.78 is 0. The molecule has 1 amide bonds. The van der Waals surface area contributed by atoms with Gasteiger partial charge in [0.1, 0.15) is 0 Å². The average molecular weight is 250 g/mol. The highest BCUT2D eigenvalue weighted by molar-refractivity contribution is 5.92. The lowest BCUT2D eigenvalue weighted by molar-refractivity contribution is -0.117. The minimum absolute atomic E-state index is 0.0281. The molecule has 0 aliphatic heterocycles. The molecule has 4 heteroatoms. The van der Waals surface area contributed by atoms with Gasteiger partial charge in [0.2, 0.25) is 5.91 Å². The number of aryl methyl sites for hydroxylation is 1. The summed E-state index contributed by atoms with van der Waals surface area (Å²) in [6, 6.07) is 7.88. The second-order valence-corrected chi connectivity index (χ2v) is 4.41. The van der Waals surface area contributed by atoms with E-state index in [0.717, 1.165) is 18.7 Å². The second-order valence-electron chi connectivity index (χ2n) is 4.41. The first-order chi connectivity index (χ1) is 8.65. The number of hydrogen-bond acceptors (Lipinski definition) is 3. The van der Waals surface area contributed by atoms with Crippen LogP contribution in [0.25, 0.3) is 0 Å². The summed E-state index contributed by atoms with van der Waals surface area (Å²) in [5.74, 6) is -0.0281. The lowest BCUT2D eigenvalue weighted by atomic mass is 10.1. The van der Waals surface area contributed by atoms with Gasteiger partial charge in [-0.2, -0.15) is 0 Å².